The number of hydrogen-bond donors (Lipinski definition) is 1. The fourth-order valence-electron chi connectivity index (χ4n) is 2.89. The first-order valence-corrected chi connectivity index (χ1v) is 4.87. The van der Waals surface area contributed by atoms with Crippen LogP contribution in [0.15, 0.2) is 0 Å². The lowest BCUT2D eigenvalue weighted by atomic mass is 10.0. The number of fused-ring (bicyclic) bond motifs is 1. The summed E-state index contributed by atoms with van der Waals surface area (Å²) < 4.78 is 0. The van der Waals surface area contributed by atoms with Gasteiger partial charge in [-0.15, -0.1) is 0 Å². The van der Waals surface area contributed by atoms with Gasteiger partial charge in [0.25, 0.3) is 0 Å². The maximum atomic E-state index is 11.2. The molecule has 0 aromatic carbocycles. The zero-order valence-corrected chi connectivity index (χ0v) is 8.65. The minimum absolute atomic E-state index is 0.106. The summed E-state index contributed by atoms with van der Waals surface area (Å²) >= 11 is 0. The van der Waals surface area contributed by atoms with Crippen molar-refractivity contribution in [3.63, 3.8) is 0 Å². The molecule has 1 aliphatic carbocycles. The van der Waals surface area contributed by atoms with Gasteiger partial charge in [-0.2, -0.15) is 0 Å². The van der Waals surface area contributed by atoms with Gasteiger partial charge in [0.1, 0.15) is 6.04 Å². The number of nitrogens with zero attached hydrogens (tertiary/aromatic N) is 1. The molecule has 2 fully saturated rings. The summed E-state index contributed by atoms with van der Waals surface area (Å²) in [6, 6.07) is -0.590. The standard InChI is InChI=1S/C10H15NO3/c1-5(12)11-4-6-7(10(6,2)3)8(11)9(13)14/h6-8H,4H2,1-3H3,(H,13,14). The SMILES string of the molecule is CC(=O)N1CC2C(C1C(=O)O)C2(C)C. The van der Waals surface area contributed by atoms with Crippen LogP contribution in [0, 0.1) is 17.3 Å². The van der Waals surface area contributed by atoms with Crippen LogP contribution in [0.5, 0.6) is 0 Å². The highest BCUT2D eigenvalue weighted by Gasteiger charge is 2.69. The molecule has 1 N–H and O–H groups in total. The van der Waals surface area contributed by atoms with E-state index in [2.05, 4.69) is 13.8 Å². The second-order valence-electron chi connectivity index (χ2n) is 4.91. The summed E-state index contributed by atoms with van der Waals surface area (Å²) in [5, 5.41) is 9.07. The summed E-state index contributed by atoms with van der Waals surface area (Å²) in [5.74, 6) is -0.449. The van der Waals surface area contributed by atoms with E-state index in [4.69, 9.17) is 5.11 Å². The Labute approximate surface area is 82.9 Å². The van der Waals surface area contributed by atoms with E-state index in [1.165, 1.54) is 11.8 Å². The number of aliphatic carboxylic acids is 1. The lowest BCUT2D eigenvalue weighted by molar-refractivity contribution is -0.149. The van der Waals surface area contributed by atoms with Gasteiger partial charge in [-0.25, -0.2) is 4.79 Å². The lowest BCUT2D eigenvalue weighted by Gasteiger charge is -2.26. The van der Waals surface area contributed by atoms with Crippen molar-refractivity contribution in [2.45, 2.75) is 26.8 Å². The van der Waals surface area contributed by atoms with Crippen LogP contribution in [0.3, 0.4) is 0 Å². The fraction of sp³-hybridized carbons (Fsp3) is 0.800. The zero-order chi connectivity index (χ0) is 10.7. The molecule has 14 heavy (non-hydrogen) atoms. The van der Waals surface area contributed by atoms with Crippen molar-refractivity contribution < 1.29 is 14.7 Å². The molecule has 0 radical (unpaired) electrons. The van der Waals surface area contributed by atoms with Crippen LogP contribution in [0.2, 0.25) is 0 Å². The molecule has 1 heterocycles. The van der Waals surface area contributed by atoms with Crippen molar-refractivity contribution in [2.24, 2.45) is 17.3 Å². The van der Waals surface area contributed by atoms with Gasteiger partial charge in [0.2, 0.25) is 5.91 Å². The molecule has 0 aromatic heterocycles. The van der Waals surface area contributed by atoms with Gasteiger partial charge in [-0.1, -0.05) is 13.8 Å². The van der Waals surface area contributed by atoms with Gasteiger partial charge < -0.3 is 10.0 Å². The third-order valence-corrected chi connectivity index (χ3v) is 3.87. The minimum atomic E-state index is -0.863. The van der Waals surface area contributed by atoms with Crippen LogP contribution in [-0.4, -0.2) is 34.5 Å². The molecular formula is C10H15NO3. The Morgan fingerprint density at radius 3 is 2.43 bits per heavy atom. The number of carboxylic acid groups (broad SMARTS) is 1. The van der Waals surface area contributed by atoms with E-state index in [9.17, 15) is 9.59 Å². The average Bonchev–Trinajstić information content (AvgIpc) is 2.47. The van der Waals surface area contributed by atoms with Crippen LogP contribution >= 0.6 is 0 Å². The van der Waals surface area contributed by atoms with E-state index in [0.717, 1.165) is 0 Å². The number of amides is 1. The van der Waals surface area contributed by atoms with Gasteiger partial charge in [-0.3, -0.25) is 4.79 Å². The largest absolute Gasteiger partial charge is 0.480 e. The molecule has 4 nitrogen and oxygen atoms in total. The Balaban J connectivity index is 2.23. The Morgan fingerprint density at radius 2 is 2.00 bits per heavy atom. The molecule has 78 valence electrons. The van der Waals surface area contributed by atoms with E-state index < -0.39 is 12.0 Å². The predicted octanol–water partition coefficient (Wildman–Crippen LogP) is 0.574. The maximum Gasteiger partial charge on any atom is 0.326 e. The Hall–Kier alpha value is -1.06. The molecule has 4 heteroatoms. The van der Waals surface area contributed by atoms with Crippen molar-refractivity contribution >= 4 is 11.9 Å². The number of rotatable bonds is 1. The van der Waals surface area contributed by atoms with Crippen LogP contribution in [0.4, 0.5) is 0 Å². The van der Waals surface area contributed by atoms with Crippen molar-refractivity contribution in [3.8, 4) is 0 Å². The maximum absolute atomic E-state index is 11.2. The number of carbonyl (C=O) groups excluding carboxylic acids is 1. The van der Waals surface area contributed by atoms with E-state index in [1.54, 1.807) is 0 Å². The van der Waals surface area contributed by atoms with Crippen LogP contribution in [0.25, 0.3) is 0 Å². The summed E-state index contributed by atoms with van der Waals surface area (Å²) in [6.07, 6.45) is 0. The predicted molar refractivity (Wildman–Crippen MR) is 49.6 cm³/mol. The number of likely N-dealkylation sites (tertiary alicyclic amines) is 1. The quantitative estimate of drug-likeness (QED) is 0.668. The molecule has 1 amide bonds. The second-order valence-corrected chi connectivity index (χ2v) is 4.91. The topological polar surface area (TPSA) is 57.6 Å². The molecule has 0 bridgehead atoms. The average molecular weight is 197 g/mol. The first-order chi connectivity index (χ1) is 6.37. The number of hydrogen-bond acceptors (Lipinski definition) is 2. The highest BCUT2D eigenvalue weighted by Crippen LogP contribution is 2.64. The summed E-state index contributed by atoms with van der Waals surface area (Å²) in [4.78, 5) is 23.7. The highest BCUT2D eigenvalue weighted by molar-refractivity contribution is 5.84. The fourth-order valence-corrected chi connectivity index (χ4v) is 2.89. The minimum Gasteiger partial charge on any atom is -0.480 e. The third kappa shape index (κ3) is 0.996. The molecule has 2 aliphatic rings. The van der Waals surface area contributed by atoms with E-state index in [0.29, 0.717) is 12.5 Å². The molecular weight excluding hydrogens is 182 g/mol. The molecule has 3 unspecified atom stereocenters. The second kappa shape index (κ2) is 2.49. The van der Waals surface area contributed by atoms with Gasteiger partial charge in [0.05, 0.1) is 0 Å². The normalized spacial score (nSPS) is 37.9. The molecule has 0 aromatic rings. The van der Waals surface area contributed by atoms with Crippen LogP contribution in [-0.2, 0) is 9.59 Å². The first-order valence-electron chi connectivity index (χ1n) is 4.87. The number of carbonyl (C=O) groups is 2. The Bertz CT molecular complexity index is 310. The molecule has 1 saturated heterocycles. The molecule has 3 atom stereocenters. The van der Waals surface area contributed by atoms with Gasteiger partial charge >= 0.3 is 5.97 Å². The number of carboxylic acids is 1. The van der Waals surface area contributed by atoms with Crippen molar-refractivity contribution in [1.82, 2.24) is 4.90 Å². The summed E-state index contributed by atoms with van der Waals surface area (Å²) in [7, 11) is 0. The van der Waals surface area contributed by atoms with Crippen molar-refractivity contribution in [1.29, 1.82) is 0 Å². The summed E-state index contributed by atoms with van der Waals surface area (Å²) in [5.41, 5.74) is 0.106. The van der Waals surface area contributed by atoms with Crippen molar-refractivity contribution in [3.05, 3.63) is 0 Å². The van der Waals surface area contributed by atoms with E-state index >= 15 is 0 Å². The van der Waals surface area contributed by atoms with E-state index in [1.807, 2.05) is 0 Å². The third-order valence-electron chi connectivity index (χ3n) is 3.87. The monoisotopic (exact) mass is 197 g/mol. The highest BCUT2D eigenvalue weighted by atomic mass is 16.4. The lowest BCUT2D eigenvalue weighted by Crippen LogP contribution is -2.44. The van der Waals surface area contributed by atoms with E-state index in [-0.39, 0.29) is 17.2 Å². The molecule has 1 aliphatic heterocycles. The Kier molecular flexibility index (Phi) is 1.69. The molecule has 2 rings (SSSR count). The van der Waals surface area contributed by atoms with Gasteiger partial charge in [0.15, 0.2) is 0 Å². The van der Waals surface area contributed by atoms with Gasteiger partial charge in [0, 0.05) is 19.4 Å². The molecule has 0 spiro atoms. The van der Waals surface area contributed by atoms with Crippen molar-refractivity contribution in [2.75, 3.05) is 6.54 Å². The summed E-state index contributed by atoms with van der Waals surface area (Å²) in [6.45, 7) is 6.21. The number of piperidine rings is 1. The van der Waals surface area contributed by atoms with Crippen LogP contribution < -0.4 is 0 Å². The first kappa shape index (κ1) is 9.49. The van der Waals surface area contributed by atoms with Gasteiger partial charge in [-0.05, 0) is 11.3 Å². The Morgan fingerprint density at radius 1 is 1.43 bits per heavy atom. The molecule has 1 saturated carbocycles. The van der Waals surface area contributed by atoms with Crippen LogP contribution in [0.1, 0.15) is 20.8 Å². The zero-order valence-electron chi connectivity index (χ0n) is 8.65. The smallest absolute Gasteiger partial charge is 0.326 e.